The summed E-state index contributed by atoms with van der Waals surface area (Å²) in [7, 11) is 0. The molecule has 1 heterocycles. The Labute approximate surface area is 158 Å². The molecule has 0 saturated carbocycles. The van der Waals surface area contributed by atoms with Crippen LogP contribution in [0.3, 0.4) is 0 Å². The minimum absolute atomic E-state index is 0.156. The van der Waals surface area contributed by atoms with E-state index >= 15 is 0 Å². The van der Waals surface area contributed by atoms with Crippen LogP contribution in [-0.2, 0) is 23.7 Å². The van der Waals surface area contributed by atoms with E-state index < -0.39 is 30.6 Å². The van der Waals surface area contributed by atoms with Gasteiger partial charge in [-0.2, -0.15) is 0 Å². The Morgan fingerprint density at radius 3 is 2.41 bits per heavy atom. The largest absolute Gasteiger partial charge is 0.508 e. The third kappa shape index (κ3) is 7.04. The Morgan fingerprint density at radius 1 is 1.00 bits per heavy atom. The molecule has 1 aliphatic heterocycles. The maximum absolute atomic E-state index is 11.6. The van der Waals surface area contributed by atoms with E-state index in [2.05, 4.69) is 11.8 Å². The van der Waals surface area contributed by atoms with Crippen molar-refractivity contribution in [3.8, 4) is 11.8 Å². The van der Waals surface area contributed by atoms with Crippen molar-refractivity contribution in [2.75, 3.05) is 19.8 Å². The van der Waals surface area contributed by atoms with Gasteiger partial charge in [-0.15, -0.1) is 0 Å². The summed E-state index contributed by atoms with van der Waals surface area (Å²) in [5, 5.41) is 0. The number of rotatable bonds is 5. The quantitative estimate of drug-likeness (QED) is 0.445. The lowest BCUT2D eigenvalue weighted by atomic mass is 10.1. The second-order valence-electron chi connectivity index (χ2n) is 5.37. The average molecular weight is 374 g/mol. The van der Waals surface area contributed by atoms with Crippen LogP contribution in [0, 0.1) is 11.8 Å². The highest BCUT2D eigenvalue weighted by atomic mass is 16.7. The van der Waals surface area contributed by atoms with Crippen molar-refractivity contribution in [1.29, 1.82) is 0 Å². The summed E-state index contributed by atoms with van der Waals surface area (Å²) < 4.78 is 25.5. The predicted molar refractivity (Wildman–Crippen MR) is 96.0 cm³/mol. The van der Waals surface area contributed by atoms with E-state index in [1.54, 1.807) is 26.0 Å². The Morgan fingerprint density at radius 2 is 1.70 bits per heavy atom. The Kier molecular flexibility index (Phi) is 8.20. The van der Waals surface area contributed by atoms with E-state index in [0.717, 1.165) is 5.56 Å². The monoisotopic (exact) mass is 374 g/mol. The number of carbonyl (C=O) groups excluding carboxylic acids is 2. The molecule has 144 valence electrons. The topological polar surface area (TPSA) is 80.3 Å². The van der Waals surface area contributed by atoms with Crippen LogP contribution < -0.4 is 0 Å². The molecule has 7 heteroatoms. The molecule has 0 unspecified atom stereocenters. The second-order valence-corrected chi connectivity index (χ2v) is 5.37. The molecule has 0 radical (unpaired) electrons. The molecule has 0 fully saturated rings. The standard InChI is InChI=1S/C20H22O7/c1-3-23-19(21)25-14-18-17(27-20(22)24-4-2)13-12-16(26-18)11-10-15-8-6-5-7-9-15/h5-9,12-13,16-18H,3-4,14H2,1-2H3/t16-,17+,18-/m1/s1. The molecule has 1 aromatic rings. The van der Waals surface area contributed by atoms with Crippen molar-refractivity contribution >= 4 is 12.3 Å². The Balaban J connectivity index is 2.05. The maximum Gasteiger partial charge on any atom is 0.508 e. The number of hydrogen-bond acceptors (Lipinski definition) is 7. The van der Waals surface area contributed by atoms with Crippen LogP contribution in [0.1, 0.15) is 19.4 Å². The molecular weight excluding hydrogens is 352 g/mol. The highest BCUT2D eigenvalue weighted by Crippen LogP contribution is 2.17. The van der Waals surface area contributed by atoms with Crippen LogP contribution in [0.5, 0.6) is 0 Å². The molecule has 0 spiro atoms. The van der Waals surface area contributed by atoms with Crippen molar-refractivity contribution < 1.29 is 33.3 Å². The molecule has 0 saturated heterocycles. The molecule has 0 bridgehead atoms. The van der Waals surface area contributed by atoms with Gasteiger partial charge in [0.25, 0.3) is 0 Å². The molecule has 7 nitrogen and oxygen atoms in total. The Hall–Kier alpha value is -2.98. The lowest BCUT2D eigenvalue weighted by Gasteiger charge is -2.29. The first-order valence-corrected chi connectivity index (χ1v) is 8.65. The van der Waals surface area contributed by atoms with Crippen LogP contribution in [0.2, 0.25) is 0 Å². The van der Waals surface area contributed by atoms with Gasteiger partial charge < -0.3 is 23.7 Å². The van der Waals surface area contributed by atoms with Gasteiger partial charge in [0, 0.05) is 5.56 Å². The highest BCUT2D eigenvalue weighted by Gasteiger charge is 2.31. The molecule has 27 heavy (non-hydrogen) atoms. The molecular formula is C20H22O7. The molecule has 0 aromatic heterocycles. The lowest BCUT2D eigenvalue weighted by molar-refractivity contribution is -0.0865. The SMILES string of the molecule is CCOC(=O)OC[C@H]1O[C@H](C#Cc2ccccc2)C=C[C@@H]1OC(=O)OCC. The predicted octanol–water partition coefficient (Wildman–Crippen LogP) is 3.08. The molecule has 3 atom stereocenters. The summed E-state index contributed by atoms with van der Waals surface area (Å²) in [6.45, 7) is 3.56. The minimum Gasteiger partial charge on any atom is -0.435 e. The van der Waals surface area contributed by atoms with E-state index in [1.807, 2.05) is 30.3 Å². The third-order valence-electron chi connectivity index (χ3n) is 3.42. The number of carbonyl (C=O) groups is 2. The van der Waals surface area contributed by atoms with E-state index in [1.165, 1.54) is 0 Å². The van der Waals surface area contributed by atoms with Gasteiger partial charge in [0.2, 0.25) is 0 Å². The second kappa shape index (κ2) is 10.9. The van der Waals surface area contributed by atoms with Gasteiger partial charge in [0.15, 0.2) is 6.10 Å². The summed E-state index contributed by atoms with van der Waals surface area (Å²) in [6, 6.07) is 9.45. The minimum atomic E-state index is -0.828. The zero-order chi connectivity index (χ0) is 19.5. The number of benzene rings is 1. The van der Waals surface area contributed by atoms with Gasteiger partial charge in [-0.05, 0) is 38.1 Å². The van der Waals surface area contributed by atoms with Crippen LogP contribution >= 0.6 is 0 Å². The van der Waals surface area contributed by atoms with Gasteiger partial charge in [0.1, 0.15) is 18.8 Å². The highest BCUT2D eigenvalue weighted by molar-refractivity contribution is 5.61. The molecule has 1 aliphatic rings. The molecule has 0 amide bonds. The molecule has 0 aliphatic carbocycles. The van der Waals surface area contributed by atoms with Crippen molar-refractivity contribution in [1.82, 2.24) is 0 Å². The maximum atomic E-state index is 11.6. The number of ether oxygens (including phenoxy) is 5. The molecule has 0 N–H and O–H groups in total. The normalized spacial score (nSPS) is 20.7. The summed E-state index contributed by atoms with van der Waals surface area (Å²) >= 11 is 0. The van der Waals surface area contributed by atoms with Crippen LogP contribution in [0.4, 0.5) is 9.59 Å². The van der Waals surface area contributed by atoms with Crippen LogP contribution in [0.25, 0.3) is 0 Å². The van der Waals surface area contributed by atoms with Gasteiger partial charge in [0.05, 0.1) is 13.2 Å². The lowest BCUT2D eigenvalue weighted by Crippen LogP contribution is -2.41. The zero-order valence-electron chi connectivity index (χ0n) is 15.3. The molecule has 1 aromatic carbocycles. The fourth-order valence-electron chi connectivity index (χ4n) is 2.23. The van der Waals surface area contributed by atoms with Crippen molar-refractivity contribution in [3.05, 3.63) is 48.0 Å². The van der Waals surface area contributed by atoms with Gasteiger partial charge in [-0.3, -0.25) is 0 Å². The van der Waals surface area contributed by atoms with E-state index in [9.17, 15) is 9.59 Å². The first-order valence-electron chi connectivity index (χ1n) is 8.65. The summed E-state index contributed by atoms with van der Waals surface area (Å²) in [4.78, 5) is 23.0. The number of hydrogen-bond donors (Lipinski definition) is 0. The van der Waals surface area contributed by atoms with Crippen molar-refractivity contribution in [2.45, 2.75) is 32.2 Å². The van der Waals surface area contributed by atoms with E-state index in [0.29, 0.717) is 0 Å². The summed E-state index contributed by atoms with van der Waals surface area (Å²) in [6.07, 6.45) is -0.372. The third-order valence-corrected chi connectivity index (χ3v) is 3.42. The van der Waals surface area contributed by atoms with E-state index in [-0.39, 0.29) is 19.8 Å². The van der Waals surface area contributed by atoms with Gasteiger partial charge in [-0.25, -0.2) is 9.59 Å². The Bertz CT molecular complexity index is 702. The van der Waals surface area contributed by atoms with Crippen LogP contribution in [-0.4, -0.2) is 50.4 Å². The van der Waals surface area contributed by atoms with Crippen molar-refractivity contribution in [3.63, 3.8) is 0 Å². The fourth-order valence-corrected chi connectivity index (χ4v) is 2.23. The first-order chi connectivity index (χ1) is 13.1. The first kappa shape index (κ1) is 20.3. The average Bonchev–Trinajstić information content (AvgIpc) is 2.67. The van der Waals surface area contributed by atoms with Gasteiger partial charge in [-0.1, -0.05) is 30.0 Å². The zero-order valence-corrected chi connectivity index (χ0v) is 15.3. The summed E-state index contributed by atoms with van der Waals surface area (Å²) in [5.41, 5.74) is 0.846. The summed E-state index contributed by atoms with van der Waals surface area (Å²) in [5.74, 6) is 5.98. The van der Waals surface area contributed by atoms with Crippen LogP contribution in [0.15, 0.2) is 42.5 Å². The smallest absolute Gasteiger partial charge is 0.435 e. The molecule has 2 rings (SSSR count). The van der Waals surface area contributed by atoms with E-state index in [4.69, 9.17) is 23.7 Å². The van der Waals surface area contributed by atoms with Gasteiger partial charge >= 0.3 is 12.3 Å². The van der Waals surface area contributed by atoms with Crippen molar-refractivity contribution in [2.24, 2.45) is 0 Å². The fraction of sp³-hybridized carbons (Fsp3) is 0.400.